The Morgan fingerprint density at radius 1 is 1.24 bits per heavy atom. The van der Waals surface area contributed by atoms with Gasteiger partial charge in [-0.1, -0.05) is 12.1 Å². The normalized spacial score (nSPS) is 10.4. The van der Waals surface area contributed by atoms with Crippen LogP contribution in [-0.4, -0.2) is 44.8 Å². The fourth-order valence-corrected chi connectivity index (χ4v) is 2.02. The standard InChI is InChI=1S/C15H19N3O3/c1-20-9-8-16-14(19)10-18-15-12-4-3-5-13(21-2)11(12)6-7-17-15/h3-7H,8-10H2,1-2H3,(H,16,19)(H,17,18). The van der Waals surface area contributed by atoms with Crippen molar-refractivity contribution in [1.82, 2.24) is 10.3 Å². The number of methoxy groups -OCH3 is 2. The van der Waals surface area contributed by atoms with Gasteiger partial charge in [-0.25, -0.2) is 4.98 Å². The minimum Gasteiger partial charge on any atom is -0.496 e. The molecular formula is C15H19N3O3. The number of nitrogens with zero attached hydrogens (tertiary/aromatic N) is 1. The number of nitrogens with one attached hydrogen (secondary N) is 2. The number of anilines is 1. The maximum Gasteiger partial charge on any atom is 0.239 e. The molecule has 1 aromatic heterocycles. The van der Waals surface area contributed by atoms with Crippen molar-refractivity contribution in [2.45, 2.75) is 0 Å². The molecule has 0 atom stereocenters. The van der Waals surface area contributed by atoms with Crippen LogP contribution >= 0.6 is 0 Å². The molecule has 6 nitrogen and oxygen atoms in total. The second kappa shape index (κ2) is 7.44. The monoisotopic (exact) mass is 289 g/mol. The summed E-state index contributed by atoms with van der Waals surface area (Å²) < 4.78 is 10.2. The molecule has 0 aliphatic carbocycles. The van der Waals surface area contributed by atoms with Gasteiger partial charge < -0.3 is 20.1 Å². The lowest BCUT2D eigenvalue weighted by molar-refractivity contribution is -0.119. The van der Waals surface area contributed by atoms with Crippen LogP contribution in [0, 0.1) is 0 Å². The predicted molar refractivity (Wildman–Crippen MR) is 81.7 cm³/mol. The molecule has 0 unspecified atom stereocenters. The minimum absolute atomic E-state index is 0.103. The fraction of sp³-hybridized carbons (Fsp3) is 0.333. The third-order valence-corrected chi connectivity index (χ3v) is 3.03. The van der Waals surface area contributed by atoms with Crippen LogP contribution in [0.3, 0.4) is 0 Å². The van der Waals surface area contributed by atoms with E-state index < -0.39 is 0 Å². The van der Waals surface area contributed by atoms with Gasteiger partial charge >= 0.3 is 0 Å². The number of benzene rings is 1. The van der Waals surface area contributed by atoms with Gasteiger partial charge in [-0.15, -0.1) is 0 Å². The third kappa shape index (κ3) is 3.82. The Morgan fingerprint density at radius 3 is 2.86 bits per heavy atom. The molecule has 0 aliphatic heterocycles. The molecule has 21 heavy (non-hydrogen) atoms. The van der Waals surface area contributed by atoms with E-state index in [0.717, 1.165) is 16.5 Å². The molecule has 1 heterocycles. The zero-order valence-corrected chi connectivity index (χ0v) is 12.2. The number of aromatic nitrogens is 1. The Kier molecular flexibility index (Phi) is 5.34. The smallest absolute Gasteiger partial charge is 0.239 e. The van der Waals surface area contributed by atoms with Crippen molar-refractivity contribution < 1.29 is 14.3 Å². The molecule has 0 saturated carbocycles. The fourth-order valence-electron chi connectivity index (χ4n) is 2.02. The van der Waals surface area contributed by atoms with E-state index >= 15 is 0 Å². The summed E-state index contributed by atoms with van der Waals surface area (Å²) in [5, 5.41) is 7.67. The lowest BCUT2D eigenvalue weighted by Gasteiger charge is -2.11. The molecular weight excluding hydrogens is 270 g/mol. The number of fused-ring (bicyclic) bond motifs is 1. The number of rotatable bonds is 7. The van der Waals surface area contributed by atoms with Gasteiger partial charge in [0.15, 0.2) is 0 Å². The van der Waals surface area contributed by atoms with Gasteiger partial charge in [0.2, 0.25) is 5.91 Å². The first kappa shape index (κ1) is 15.1. The SMILES string of the molecule is COCCNC(=O)CNc1nccc2c(OC)cccc12. The molecule has 2 N–H and O–H groups in total. The number of ether oxygens (including phenoxy) is 2. The highest BCUT2D eigenvalue weighted by Crippen LogP contribution is 2.28. The van der Waals surface area contributed by atoms with E-state index in [1.54, 1.807) is 20.4 Å². The summed E-state index contributed by atoms with van der Waals surface area (Å²) in [5.41, 5.74) is 0. The second-order valence-corrected chi connectivity index (χ2v) is 4.41. The van der Waals surface area contributed by atoms with Crippen molar-refractivity contribution >= 4 is 22.5 Å². The maximum atomic E-state index is 11.7. The summed E-state index contributed by atoms with van der Waals surface area (Å²) in [6.07, 6.45) is 1.69. The van der Waals surface area contributed by atoms with Crippen molar-refractivity contribution in [3.63, 3.8) is 0 Å². The highest BCUT2D eigenvalue weighted by atomic mass is 16.5. The summed E-state index contributed by atoms with van der Waals surface area (Å²) in [7, 11) is 3.23. The highest BCUT2D eigenvalue weighted by Gasteiger charge is 2.07. The number of carbonyl (C=O) groups excluding carboxylic acids is 1. The van der Waals surface area contributed by atoms with Crippen molar-refractivity contribution in [1.29, 1.82) is 0 Å². The van der Waals surface area contributed by atoms with E-state index in [1.807, 2.05) is 24.3 Å². The van der Waals surface area contributed by atoms with Crippen LogP contribution in [0.15, 0.2) is 30.5 Å². The molecule has 1 aromatic carbocycles. The van der Waals surface area contributed by atoms with Crippen molar-refractivity contribution in [3.05, 3.63) is 30.5 Å². The predicted octanol–water partition coefficient (Wildman–Crippen LogP) is 1.42. The van der Waals surface area contributed by atoms with Crippen LogP contribution in [0.5, 0.6) is 5.75 Å². The highest BCUT2D eigenvalue weighted by molar-refractivity contribution is 5.96. The molecule has 0 spiro atoms. The topological polar surface area (TPSA) is 72.5 Å². The Bertz CT molecular complexity index is 616. The molecule has 2 rings (SSSR count). The van der Waals surface area contributed by atoms with Crippen molar-refractivity contribution in [2.75, 3.05) is 39.2 Å². The first-order chi connectivity index (χ1) is 10.3. The Balaban J connectivity index is 2.07. The number of amides is 1. The van der Waals surface area contributed by atoms with E-state index in [0.29, 0.717) is 19.0 Å². The van der Waals surface area contributed by atoms with Gasteiger partial charge in [-0.2, -0.15) is 0 Å². The zero-order valence-electron chi connectivity index (χ0n) is 12.2. The van der Waals surface area contributed by atoms with E-state index in [1.165, 1.54) is 0 Å². The van der Waals surface area contributed by atoms with Gasteiger partial charge in [0.05, 0.1) is 20.3 Å². The summed E-state index contributed by atoms with van der Waals surface area (Å²) in [4.78, 5) is 15.9. The van der Waals surface area contributed by atoms with Gasteiger partial charge in [0.1, 0.15) is 11.6 Å². The number of hydrogen-bond donors (Lipinski definition) is 2. The van der Waals surface area contributed by atoms with E-state index in [-0.39, 0.29) is 12.5 Å². The number of carbonyl (C=O) groups is 1. The molecule has 0 aliphatic rings. The van der Waals surface area contributed by atoms with Gasteiger partial charge in [-0.05, 0) is 12.1 Å². The van der Waals surface area contributed by atoms with Gasteiger partial charge in [-0.3, -0.25) is 4.79 Å². The van der Waals surface area contributed by atoms with Crippen LogP contribution in [0.2, 0.25) is 0 Å². The average Bonchev–Trinajstić information content (AvgIpc) is 2.52. The summed E-state index contributed by atoms with van der Waals surface area (Å²) in [5.74, 6) is 1.34. The Labute approximate surface area is 123 Å². The molecule has 6 heteroatoms. The Hall–Kier alpha value is -2.34. The quantitative estimate of drug-likeness (QED) is 0.754. The lowest BCUT2D eigenvalue weighted by Crippen LogP contribution is -2.32. The van der Waals surface area contributed by atoms with Crippen LogP contribution in [0.4, 0.5) is 5.82 Å². The van der Waals surface area contributed by atoms with Crippen LogP contribution in [-0.2, 0) is 9.53 Å². The van der Waals surface area contributed by atoms with Crippen molar-refractivity contribution in [2.24, 2.45) is 0 Å². The van der Waals surface area contributed by atoms with Crippen LogP contribution in [0.1, 0.15) is 0 Å². The van der Waals surface area contributed by atoms with Gasteiger partial charge in [0.25, 0.3) is 0 Å². The van der Waals surface area contributed by atoms with Crippen LogP contribution in [0.25, 0.3) is 10.8 Å². The average molecular weight is 289 g/mol. The van der Waals surface area contributed by atoms with E-state index in [4.69, 9.17) is 9.47 Å². The van der Waals surface area contributed by atoms with Crippen LogP contribution < -0.4 is 15.4 Å². The molecule has 2 aromatic rings. The molecule has 0 bridgehead atoms. The largest absolute Gasteiger partial charge is 0.496 e. The molecule has 1 amide bonds. The molecule has 0 fully saturated rings. The molecule has 0 radical (unpaired) electrons. The van der Waals surface area contributed by atoms with Gasteiger partial charge in [0, 0.05) is 30.6 Å². The Morgan fingerprint density at radius 2 is 2.10 bits per heavy atom. The van der Waals surface area contributed by atoms with E-state index in [2.05, 4.69) is 15.6 Å². The maximum absolute atomic E-state index is 11.7. The summed E-state index contributed by atoms with van der Waals surface area (Å²) in [6, 6.07) is 7.62. The first-order valence-electron chi connectivity index (χ1n) is 6.67. The second-order valence-electron chi connectivity index (χ2n) is 4.41. The zero-order chi connectivity index (χ0) is 15.1. The minimum atomic E-state index is -0.103. The van der Waals surface area contributed by atoms with E-state index in [9.17, 15) is 4.79 Å². The first-order valence-corrected chi connectivity index (χ1v) is 6.67. The van der Waals surface area contributed by atoms with Crippen molar-refractivity contribution in [3.8, 4) is 5.75 Å². The lowest BCUT2D eigenvalue weighted by atomic mass is 10.1. The third-order valence-electron chi connectivity index (χ3n) is 3.03. The number of pyridine rings is 1. The summed E-state index contributed by atoms with van der Waals surface area (Å²) >= 11 is 0. The molecule has 0 saturated heterocycles. The number of hydrogen-bond acceptors (Lipinski definition) is 5. The summed E-state index contributed by atoms with van der Waals surface area (Å²) in [6.45, 7) is 1.15. The molecule has 112 valence electrons.